The highest BCUT2D eigenvalue weighted by atomic mass is 16.5. The predicted octanol–water partition coefficient (Wildman–Crippen LogP) is 4.93. The summed E-state index contributed by atoms with van der Waals surface area (Å²) in [6.07, 6.45) is 0.300. The molecule has 0 unspecified atom stereocenters. The van der Waals surface area contributed by atoms with Crippen molar-refractivity contribution in [3.63, 3.8) is 0 Å². The number of carbonyl (C=O) groups excluding carboxylic acids is 1. The summed E-state index contributed by atoms with van der Waals surface area (Å²) in [5, 5.41) is 9.79. The Hall–Kier alpha value is -3.28. The molecule has 152 valence electrons. The molecule has 0 spiro atoms. The molecule has 0 saturated heterocycles. The van der Waals surface area contributed by atoms with Gasteiger partial charge in [0.25, 0.3) is 0 Å². The highest BCUT2D eigenvalue weighted by Crippen LogP contribution is 2.35. The minimum absolute atomic E-state index is 0.0452. The van der Waals surface area contributed by atoms with Crippen molar-refractivity contribution in [3.8, 4) is 22.8 Å². The zero-order valence-electron chi connectivity index (χ0n) is 17.1. The Balaban J connectivity index is 1.87. The van der Waals surface area contributed by atoms with Gasteiger partial charge in [-0.2, -0.15) is 0 Å². The zero-order valence-corrected chi connectivity index (χ0v) is 17.1. The van der Waals surface area contributed by atoms with Crippen LogP contribution in [-0.2, 0) is 9.59 Å². The summed E-state index contributed by atoms with van der Waals surface area (Å²) in [5.41, 5.74) is 5.88. The van der Waals surface area contributed by atoms with Gasteiger partial charge in [-0.3, -0.25) is 9.59 Å². The van der Waals surface area contributed by atoms with Gasteiger partial charge in [0.05, 0.1) is 7.11 Å². The topological polar surface area (TPSA) is 88.6 Å². The van der Waals surface area contributed by atoms with Crippen molar-refractivity contribution in [2.45, 2.75) is 40.0 Å². The molecule has 3 aromatic rings. The van der Waals surface area contributed by atoms with E-state index in [1.165, 1.54) is 0 Å². The van der Waals surface area contributed by atoms with E-state index in [1.54, 1.807) is 7.11 Å². The maximum absolute atomic E-state index is 12.1. The van der Waals surface area contributed by atoms with Crippen molar-refractivity contribution >= 4 is 22.8 Å². The zero-order chi connectivity index (χ0) is 21.1. The highest BCUT2D eigenvalue weighted by Gasteiger charge is 2.16. The molecule has 0 fully saturated rings. The van der Waals surface area contributed by atoms with Crippen LogP contribution in [0.15, 0.2) is 30.3 Å². The van der Waals surface area contributed by atoms with Crippen LogP contribution in [0, 0.1) is 20.8 Å². The molecule has 2 aromatic carbocycles. The molecule has 6 nitrogen and oxygen atoms in total. The number of aliphatic carboxylic acids is 1. The fourth-order valence-electron chi connectivity index (χ4n) is 3.53. The Morgan fingerprint density at radius 3 is 2.34 bits per heavy atom. The number of fused-ring (bicyclic) bond motifs is 1. The molecule has 1 aromatic heterocycles. The average molecular weight is 395 g/mol. The maximum atomic E-state index is 12.1. The van der Waals surface area contributed by atoms with Gasteiger partial charge < -0.3 is 19.6 Å². The molecule has 0 aliphatic rings. The summed E-state index contributed by atoms with van der Waals surface area (Å²) >= 11 is 0. The number of nitrogens with one attached hydrogen (secondary N) is 1. The molecule has 0 aliphatic carbocycles. The van der Waals surface area contributed by atoms with E-state index in [4.69, 9.17) is 14.6 Å². The fourth-order valence-corrected chi connectivity index (χ4v) is 3.53. The third kappa shape index (κ3) is 4.42. The summed E-state index contributed by atoms with van der Waals surface area (Å²) in [5.74, 6) is 0.00750. The maximum Gasteiger partial charge on any atom is 0.311 e. The van der Waals surface area contributed by atoms with E-state index < -0.39 is 11.9 Å². The van der Waals surface area contributed by atoms with Crippen LogP contribution >= 0.6 is 0 Å². The van der Waals surface area contributed by atoms with E-state index in [1.807, 2.05) is 44.2 Å². The van der Waals surface area contributed by atoms with Crippen molar-refractivity contribution in [2.75, 3.05) is 7.11 Å². The standard InChI is InChI=1S/C23H25NO5/c1-13-10-16(11-14(2)23(13)29-21(27)7-5-6-20(25)26)22-15(3)18-12-17(28-4)8-9-19(18)24-22/h8-12,24H,5-7H2,1-4H3,(H,25,26). The normalized spacial score (nSPS) is 10.9. The second-order valence-electron chi connectivity index (χ2n) is 7.20. The second kappa shape index (κ2) is 8.39. The number of hydrogen-bond acceptors (Lipinski definition) is 4. The number of aryl methyl sites for hydroxylation is 3. The molecule has 0 atom stereocenters. The minimum atomic E-state index is -0.916. The lowest BCUT2D eigenvalue weighted by molar-refractivity contribution is -0.137. The molecule has 29 heavy (non-hydrogen) atoms. The van der Waals surface area contributed by atoms with E-state index >= 15 is 0 Å². The lowest BCUT2D eigenvalue weighted by atomic mass is 10.0. The van der Waals surface area contributed by atoms with Crippen LogP contribution < -0.4 is 9.47 Å². The molecule has 0 radical (unpaired) electrons. The van der Waals surface area contributed by atoms with Crippen molar-refractivity contribution in [1.29, 1.82) is 0 Å². The number of benzene rings is 2. The van der Waals surface area contributed by atoms with E-state index in [9.17, 15) is 9.59 Å². The average Bonchev–Trinajstić information content (AvgIpc) is 3.00. The van der Waals surface area contributed by atoms with Gasteiger partial charge in [0, 0.05) is 29.4 Å². The van der Waals surface area contributed by atoms with E-state index in [2.05, 4.69) is 11.9 Å². The number of methoxy groups -OCH3 is 1. The van der Waals surface area contributed by atoms with Gasteiger partial charge in [0.2, 0.25) is 0 Å². The lowest BCUT2D eigenvalue weighted by Gasteiger charge is -2.13. The quantitative estimate of drug-likeness (QED) is 0.437. The van der Waals surface area contributed by atoms with Crippen LogP contribution in [0.3, 0.4) is 0 Å². The molecule has 2 N–H and O–H groups in total. The Morgan fingerprint density at radius 1 is 1.03 bits per heavy atom. The molecule has 0 saturated carbocycles. The number of aromatic amines is 1. The van der Waals surface area contributed by atoms with Gasteiger partial charge in [0.1, 0.15) is 11.5 Å². The number of carboxylic acids is 1. The van der Waals surface area contributed by atoms with Crippen molar-refractivity contribution in [2.24, 2.45) is 0 Å². The van der Waals surface area contributed by atoms with Crippen LogP contribution in [0.5, 0.6) is 11.5 Å². The number of aromatic nitrogens is 1. The lowest BCUT2D eigenvalue weighted by Crippen LogP contribution is -2.10. The molecule has 0 aliphatic heterocycles. The fraction of sp³-hybridized carbons (Fsp3) is 0.304. The monoisotopic (exact) mass is 395 g/mol. The van der Waals surface area contributed by atoms with Gasteiger partial charge in [-0.05, 0) is 79.8 Å². The summed E-state index contributed by atoms with van der Waals surface area (Å²) in [4.78, 5) is 26.1. The van der Waals surface area contributed by atoms with Gasteiger partial charge in [0.15, 0.2) is 0 Å². The summed E-state index contributed by atoms with van der Waals surface area (Å²) < 4.78 is 10.8. The number of H-pyrrole nitrogens is 1. The predicted molar refractivity (Wildman–Crippen MR) is 112 cm³/mol. The number of hydrogen-bond donors (Lipinski definition) is 2. The van der Waals surface area contributed by atoms with Crippen LogP contribution in [0.1, 0.15) is 36.0 Å². The molecular formula is C23H25NO5. The van der Waals surface area contributed by atoms with Crippen LogP contribution in [0.4, 0.5) is 0 Å². The van der Waals surface area contributed by atoms with Crippen LogP contribution in [-0.4, -0.2) is 29.1 Å². The highest BCUT2D eigenvalue weighted by molar-refractivity contribution is 5.91. The first-order valence-electron chi connectivity index (χ1n) is 9.50. The molecular weight excluding hydrogens is 370 g/mol. The molecule has 0 amide bonds. The second-order valence-corrected chi connectivity index (χ2v) is 7.20. The summed E-state index contributed by atoms with van der Waals surface area (Å²) in [7, 11) is 1.65. The van der Waals surface area contributed by atoms with E-state index in [-0.39, 0.29) is 19.3 Å². The third-order valence-corrected chi connectivity index (χ3v) is 5.00. The van der Waals surface area contributed by atoms with Crippen molar-refractivity contribution in [3.05, 3.63) is 47.0 Å². The Morgan fingerprint density at radius 2 is 1.72 bits per heavy atom. The van der Waals surface area contributed by atoms with Crippen LogP contribution in [0.25, 0.3) is 22.2 Å². The van der Waals surface area contributed by atoms with Crippen molar-refractivity contribution in [1.82, 2.24) is 4.98 Å². The first-order chi connectivity index (χ1) is 13.8. The minimum Gasteiger partial charge on any atom is -0.497 e. The van der Waals surface area contributed by atoms with E-state index in [0.717, 1.165) is 44.6 Å². The number of carboxylic acid groups (broad SMARTS) is 1. The SMILES string of the molecule is COc1ccc2[nH]c(-c3cc(C)c(OC(=O)CCCC(=O)O)c(C)c3)c(C)c2c1. The summed E-state index contributed by atoms with van der Waals surface area (Å²) in [6.45, 7) is 5.86. The van der Waals surface area contributed by atoms with Gasteiger partial charge in [-0.15, -0.1) is 0 Å². The Labute approximate surface area is 169 Å². The number of esters is 1. The third-order valence-electron chi connectivity index (χ3n) is 5.00. The van der Waals surface area contributed by atoms with Crippen LogP contribution in [0.2, 0.25) is 0 Å². The Kier molecular flexibility index (Phi) is 5.92. The number of ether oxygens (including phenoxy) is 2. The molecule has 6 heteroatoms. The first kappa shape index (κ1) is 20.5. The van der Waals surface area contributed by atoms with Gasteiger partial charge in [-0.25, -0.2) is 0 Å². The number of rotatable bonds is 7. The summed E-state index contributed by atoms with van der Waals surface area (Å²) in [6, 6.07) is 9.91. The van der Waals surface area contributed by atoms with Gasteiger partial charge >= 0.3 is 11.9 Å². The largest absolute Gasteiger partial charge is 0.497 e. The molecule has 3 rings (SSSR count). The Bertz CT molecular complexity index is 1060. The smallest absolute Gasteiger partial charge is 0.311 e. The van der Waals surface area contributed by atoms with Gasteiger partial charge in [-0.1, -0.05) is 0 Å². The number of carbonyl (C=O) groups is 2. The first-order valence-corrected chi connectivity index (χ1v) is 9.50. The van der Waals surface area contributed by atoms with Crippen molar-refractivity contribution < 1.29 is 24.2 Å². The van der Waals surface area contributed by atoms with E-state index in [0.29, 0.717) is 5.75 Å². The molecule has 0 bridgehead atoms. The molecule has 1 heterocycles.